The van der Waals surface area contributed by atoms with E-state index in [1.807, 2.05) is 19.2 Å². The number of hydrogen-bond donors (Lipinski definition) is 1. The summed E-state index contributed by atoms with van der Waals surface area (Å²) in [6.45, 7) is 5.88. The molecule has 0 aliphatic carbocycles. The van der Waals surface area contributed by atoms with Gasteiger partial charge in [0.2, 0.25) is 11.8 Å². The molecule has 1 saturated heterocycles. The number of thiazole rings is 1. The molecule has 0 bridgehead atoms. The van der Waals surface area contributed by atoms with Gasteiger partial charge in [-0.3, -0.25) is 9.59 Å². The second kappa shape index (κ2) is 6.83. The van der Waals surface area contributed by atoms with E-state index in [4.69, 9.17) is 0 Å². The monoisotopic (exact) mass is 295 g/mol. The topological polar surface area (TPSA) is 62.3 Å². The predicted molar refractivity (Wildman–Crippen MR) is 78.5 cm³/mol. The first-order valence-corrected chi connectivity index (χ1v) is 7.94. The van der Waals surface area contributed by atoms with Crippen LogP contribution in [0.2, 0.25) is 0 Å². The minimum Gasteiger partial charge on any atom is -0.356 e. The number of rotatable bonds is 5. The molecule has 1 atom stereocenters. The number of aromatic nitrogens is 1. The van der Waals surface area contributed by atoms with E-state index < -0.39 is 0 Å². The largest absolute Gasteiger partial charge is 0.356 e. The standard InChI is InChI=1S/C14H21N3O2S/c1-3-5-15-14(19)11-4-6-17(8-11)13(18)7-12-9-20-10(2)16-12/h9,11H,3-8H2,1-2H3,(H,15,19). The van der Waals surface area contributed by atoms with E-state index in [1.54, 1.807) is 16.2 Å². The third-order valence-corrected chi connectivity index (χ3v) is 4.28. The third-order valence-electron chi connectivity index (χ3n) is 3.46. The van der Waals surface area contributed by atoms with Gasteiger partial charge in [-0.1, -0.05) is 6.92 Å². The maximum Gasteiger partial charge on any atom is 0.228 e. The highest BCUT2D eigenvalue weighted by Crippen LogP contribution is 2.18. The fraction of sp³-hybridized carbons (Fsp3) is 0.643. The summed E-state index contributed by atoms with van der Waals surface area (Å²) in [5.41, 5.74) is 0.830. The molecule has 1 fully saturated rings. The molecule has 5 nitrogen and oxygen atoms in total. The van der Waals surface area contributed by atoms with Gasteiger partial charge in [0.1, 0.15) is 0 Å². The van der Waals surface area contributed by atoms with Crippen LogP contribution in [0, 0.1) is 12.8 Å². The molecule has 0 aromatic carbocycles. The number of nitrogens with one attached hydrogen (secondary N) is 1. The van der Waals surface area contributed by atoms with Crippen molar-refractivity contribution in [1.82, 2.24) is 15.2 Å². The zero-order chi connectivity index (χ0) is 14.5. The lowest BCUT2D eigenvalue weighted by molar-refractivity contribution is -0.130. The van der Waals surface area contributed by atoms with Crippen molar-refractivity contribution >= 4 is 23.2 Å². The first-order chi connectivity index (χ1) is 9.60. The molecule has 110 valence electrons. The summed E-state index contributed by atoms with van der Waals surface area (Å²) in [6, 6.07) is 0. The Balaban J connectivity index is 1.82. The van der Waals surface area contributed by atoms with Gasteiger partial charge in [0.15, 0.2) is 0 Å². The smallest absolute Gasteiger partial charge is 0.228 e. The van der Waals surface area contributed by atoms with E-state index in [1.165, 1.54) is 0 Å². The molecule has 1 aliphatic rings. The van der Waals surface area contributed by atoms with Crippen LogP contribution in [0.25, 0.3) is 0 Å². The molecule has 1 unspecified atom stereocenters. The van der Waals surface area contributed by atoms with E-state index in [9.17, 15) is 9.59 Å². The van der Waals surface area contributed by atoms with Gasteiger partial charge in [-0.2, -0.15) is 0 Å². The lowest BCUT2D eigenvalue weighted by atomic mass is 10.1. The summed E-state index contributed by atoms with van der Waals surface area (Å²) >= 11 is 1.56. The molecule has 1 aromatic rings. The molecular formula is C14H21N3O2S. The first-order valence-electron chi connectivity index (χ1n) is 7.06. The molecule has 6 heteroatoms. The van der Waals surface area contributed by atoms with Gasteiger partial charge in [-0.25, -0.2) is 4.98 Å². The molecule has 1 aliphatic heterocycles. The van der Waals surface area contributed by atoms with Crippen LogP contribution < -0.4 is 5.32 Å². The van der Waals surface area contributed by atoms with Gasteiger partial charge < -0.3 is 10.2 Å². The molecular weight excluding hydrogens is 274 g/mol. The van der Waals surface area contributed by atoms with Crippen molar-refractivity contribution in [1.29, 1.82) is 0 Å². The molecule has 2 rings (SSSR count). The zero-order valence-corrected chi connectivity index (χ0v) is 12.8. The Kier molecular flexibility index (Phi) is 5.11. The minimum absolute atomic E-state index is 0.0531. The van der Waals surface area contributed by atoms with Crippen LogP contribution in [0.4, 0.5) is 0 Å². The highest BCUT2D eigenvalue weighted by atomic mass is 32.1. The first kappa shape index (κ1) is 15.0. The fourth-order valence-corrected chi connectivity index (χ4v) is 2.96. The van der Waals surface area contributed by atoms with Gasteiger partial charge in [-0.15, -0.1) is 11.3 Å². The Hall–Kier alpha value is -1.43. The van der Waals surface area contributed by atoms with E-state index in [2.05, 4.69) is 10.3 Å². The van der Waals surface area contributed by atoms with Crippen molar-refractivity contribution in [3.05, 3.63) is 16.1 Å². The van der Waals surface area contributed by atoms with Crippen LogP contribution in [0.5, 0.6) is 0 Å². The summed E-state index contributed by atoms with van der Waals surface area (Å²) in [4.78, 5) is 30.1. The summed E-state index contributed by atoms with van der Waals surface area (Å²) in [5, 5.41) is 5.80. The number of carbonyl (C=O) groups is 2. The van der Waals surface area contributed by atoms with Gasteiger partial charge in [0.05, 0.1) is 23.0 Å². The lowest BCUT2D eigenvalue weighted by Gasteiger charge is -2.15. The number of aryl methyl sites for hydroxylation is 1. The van der Waals surface area contributed by atoms with Crippen molar-refractivity contribution in [3.8, 4) is 0 Å². The average Bonchev–Trinajstić information content (AvgIpc) is 3.05. The van der Waals surface area contributed by atoms with Crippen molar-refractivity contribution in [3.63, 3.8) is 0 Å². The van der Waals surface area contributed by atoms with Crippen LogP contribution in [-0.2, 0) is 16.0 Å². The van der Waals surface area contributed by atoms with Gasteiger partial charge in [0, 0.05) is 25.0 Å². The molecule has 2 heterocycles. The van der Waals surface area contributed by atoms with Crippen molar-refractivity contribution in [2.75, 3.05) is 19.6 Å². The normalized spacial score (nSPS) is 18.3. The minimum atomic E-state index is -0.0531. The summed E-state index contributed by atoms with van der Waals surface area (Å²) in [6.07, 6.45) is 2.04. The second-order valence-corrected chi connectivity index (χ2v) is 6.21. The molecule has 2 amide bonds. The molecule has 20 heavy (non-hydrogen) atoms. The van der Waals surface area contributed by atoms with E-state index in [0.29, 0.717) is 26.1 Å². The quantitative estimate of drug-likeness (QED) is 0.892. The van der Waals surface area contributed by atoms with Crippen molar-refractivity contribution in [2.45, 2.75) is 33.1 Å². The third kappa shape index (κ3) is 3.79. The van der Waals surface area contributed by atoms with E-state index in [0.717, 1.165) is 23.5 Å². The van der Waals surface area contributed by atoms with Gasteiger partial charge in [-0.05, 0) is 19.8 Å². The Morgan fingerprint density at radius 2 is 2.35 bits per heavy atom. The maximum absolute atomic E-state index is 12.2. The van der Waals surface area contributed by atoms with Crippen molar-refractivity contribution in [2.24, 2.45) is 5.92 Å². The Labute approximate surface area is 123 Å². The number of likely N-dealkylation sites (tertiary alicyclic amines) is 1. The number of amides is 2. The summed E-state index contributed by atoms with van der Waals surface area (Å²) < 4.78 is 0. The number of carbonyl (C=O) groups excluding carboxylic acids is 2. The molecule has 1 N–H and O–H groups in total. The summed E-state index contributed by atoms with van der Waals surface area (Å²) in [7, 11) is 0. The Morgan fingerprint density at radius 3 is 3.00 bits per heavy atom. The van der Waals surface area contributed by atoms with E-state index >= 15 is 0 Å². The molecule has 1 aromatic heterocycles. The highest BCUT2D eigenvalue weighted by Gasteiger charge is 2.30. The summed E-state index contributed by atoms with van der Waals surface area (Å²) in [5.74, 6) is 0.0930. The lowest BCUT2D eigenvalue weighted by Crippen LogP contribution is -2.35. The Morgan fingerprint density at radius 1 is 1.55 bits per heavy atom. The van der Waals surface area contributed by atoms with E-state index in [-0.39, 0.29) is 17.7 Å². The zero-order valence-electron chi connectivity index (χ0n) is 12.0. The average molecular weight is 295 g/mol. The molecule has 0 spiro atoms. The number of hydrogen-bond acceptors (Lipinski definition) is 4. The maximum atomic E-state index is 12.2. The van der Waals surface area contributed by atoms with Crippen LogP contribution >= 0.6 is 11.3 Å². The predicted octanol–water partition coefficient (Wildman–Crippen LogP) is 1.37. The second-order valence-electron chi connectivity index (χ2n) is 5.15. The molecule has 0 radical (unpaired) electrons. The van der Waals surface area contributed by atoms with Crippen LogP contribution in [-0.4, -0.2) is 41.3 Å². The number of nitrogens with zero attached hydrogens (tertiary/aromatic N) is 2. The molecule has 0 saturated carbocycles. The van der Waals surface area contributed by atoms with Crippen LogP contribution in [0.3, 0.4) is 0 Å². The Bertz CT molecular complexity index is 487. The SMILES string of the molecule is CCCNC(=O)C1CCN(C(=O)Cc2csc(C)n2)C1. The van der Waals surface area contributed by atoms with Gasteiger partial charge >= 0.3 is 0 Å². The van der Waals surface area contributed by atoms with Crippen LogP contribution in [0.15, 0.2) is 5.38 Å². The van der Waals surface area contributed by atoms with Crippen molar-refractivity contribution < 1.29 is 9.59 Å². The van der Waals surface area contributed by atoms with Gasteiger partial charge in [0.25, 0.3) is 0 Å². The van der Waals surface area contributed by atoms with Crippen LogP contribution in [0.1, 0.15) is 30.5 Å². The highest BCUT2D eigenvalue weighted by molar-refractivity contribution is 7.09. The fourth-order valence-electron chi connectivity index (χ4n) is 2.35.